The van der Waals surface area contributed by atoms with Crippen molar-refractivity contribution in [2.45, 2.75) is 25.8 Å². The molecule has 1 atom stereocenters. The Balaban J connectivity index is 1.46. The van der Waals surface area contributed by atoms with Crippen molar-refractivity contribution in [1.82, 2.24) is 25.0 Å². The molecule has 0 radical (unpaired) electrons. The second-order valence-electron chi connectivity index (χ2n) is 6.45. The van der Waals surface area contributed by atoms with Gasteiger partial charge in [-0.25, -0.2) is 9.67 Å². The lowest BCUT2D eigenvalue weighted by Gasteiger charge is -2.25. The zero-order valence-corrected chi connectivity index (χ0v) is 16.7. The van der Waals surface area contributed by atoms with Crippen molar-refractivity contribution in [2.24, 2.45) is 0 Å². The van der Waals surface area contributed by atoms with Crippen LogP contribution in [-0.2, 0) is 4.79 Å². The van der Waals surface area contributed by atoms with E-state index >= 15 is 0 Å². The molecule has 146 valence electrons. The summed E-state index contributed by atoms with van der Waals surface area (Å²) in [6, 6.07) is 11.5. The molecule has 0 unspecified atom stereocenters. The van der Waals surface area contributed by atoms with E-state index in [1.165, 1.54) is 17.7 Å². The number of amides is 2. The average molecular weight is 398 g/mol. The number of benzene rings is 1. The molecule has 2 amide bonds. The molecule has 2 heterocycles. The SMILES string of the molecule is C[C@H](c1ccc(-n2cncn2)cc1)N(C)C(=O)CCCNC(=O)c1cccs1. The molecule has 2 aromatic heterocycles. The standard InChI is InChI=1S/C20H23N5O2S/c1-15(16-7-9-17(10-8-16)25-14-21-13-23-25)24(2)19(26)6-3-11-22-20(27)18-5-4-12-28-18/h4-5,7-10,12-15H,3,6,11H2,1-2H3,(H,22,27)/t15-/m1/s1. The summed E-state index contributed by atoms with van der Waals surface area (Å²) in [6.07, 6.45) is 4.14. The van der Waals surface area contributed by atoms with Crippen LogP contribution in [0.25, 0.3) is 5.69 Å². The van der Waals surface area contributed by atoms with Gasteiger partial charge in [-0.1, -0.05) is 18.2 Å². The van der Waals surface area contributed by atoms with Crippen molar-refractivity contribution >= 4 is 23.2 Å². The predicted molar refractivity (Wildman–Crippen MR) is 108 cm³/mol. The van der Waals surface area contributed by atoms with E-state index in [0.29, 0.717) is 24.3 Å². The Morgan fingerprint density at radius 1 is 1.25 bits per heavy atom. The van der Waals surface area contributed by atoms with Crippen molar-refractivity contribution in [1.29, 1.82) is 0 Å². The molecule has 0 spiro atoms. The maximum Gasteiger partial charge on any atom is 0.261 e. The number of rotatable bonds is 8. The number of thiophene rings is 1. The second-order valence-corrected chi connectivity index (χ2v) is 7.40. The lowest BCUT2D eigenvalue weighted by atomic mass is 10.1. The number of aromatic nitrogens is 3. The summed E-state index contributed by atoms with van der Waals surface area (Å²) in [7, 11) is 1.81. The number of nitrogens with one attached hydrogen (secondary N) is 1. The van der Waals surface area contributed by atoms with E-state index in [-0.39, 0.29) is 17.9 Å². The molecule has 0 aliphatic rings. The fourth-order valence-electron chi connectivity index (χ4n) is 2.80. The molecule has 7 nitrogen and oxygen atoms in total. The molecule has 0 aliphatic heterocycles. The van der Waals surface area contributed by atoms with Gasteiger partial charge in [0, 0.05) is 20.0 Å². The Kier molecular flexibility index (Phi) is 6.54. The van der Waals surface area contributed by atoms with Crippen molar-refractivity contribution in [3.05, 3.63) is 64.9 Å². The quantitative estimate of drug-likeness (QED) is 0.593. The third kappa shape index (κ3) is 4.83. The normalized spacial score (nSPS) is 11.8. The largest absolute Gasteiger partial charge is 0.351 e. The first-order chi connectivity index (χ1) is 13.6. The van der Waals surface area contributed by atoms with Gasteiger partial charge in [-0.15, -0.1) is 11.3 Å². The Morgan fingerprint density at radius 3 is 2.68 bits per heavy atom. The topological polar surface area (TPSA) is 80.1 Å². The maximum atomic E-state index is 12.5. The molecule has 1 aromatic carbocycles. The highest BCUT2D eigenvalue weighted by molar-refractivity contribution is 7.12. The first kappa shape index (κ1) is 19.8. The fourth-order valence-corrected chi connectivity index (χ4v) is 3.44. The summed E-state index contributed by atoms with van der Waals surface area (Å²) in [6.45, 7) is 2.48. The summed E-state index contributed by atoms with van der Waals surface area (Å²) < 4.78 is 1.69. The molecule has 0 aliphatic carbocycles. The molecule has 3 rings (SSSR count). The lowest BCUT2D eigenvalue weighted by molar-refractivity contribution is -0.131. The summed E-state index contributed by atoms with van der Waals surface area (Å²) in [4.78, 5) is 30.7. The Bertz CT molecular complexity index is 891. The Hall–Kier alpha value is -3.00. The highest BCUT2D eigenvalue weighted by Gasteiger charge is 2.17. The van der Waals surface area contributed by atoms with Gasteiger partial charge in [0.2, 0.25) is 5.91 Å². The monoisotopic (exact) mass is 397 g/mol. The summed E-state index contributed by atoms with van der Waals surface area (Å²) in [5.74, 6) is -0.0325. The molecule has 1 N–H and O–H groups in total. The molecule has 8 heteroatoms. The van der Waals surface area contributed by atoms with Gasteiger partial charge in [0.1, 0.15) is 12.7 Å². The lowest BCUT2D eigenvalue weighted by Crippen LogP contribution is -2.31. The van der Waals surface area contributed by atoms with E-state index in [4.69, 9.17) is 0 Å². The van der Waals surface area contributed by atoms with Gasteiger partial charge in [0.15, 0.2) is 0 Å². The van der Waals surface area contributed by atoms with Crippen molar-refractivity contribution < 1.29 is 9.59 Å². The second kappa shape index (κ2) is 9.27. The van der Waals surface area contributed by atoms with Crippen molar-refractivity contribution in [3.63, 3.8) is 0 Å². The minimum atomic E-state index is -0.0864. The van der Waals surface area contributed by atoms with E-state index in [2.05, 4.69) is 15.4 Å². The van der Waals surface area contributed by atoms with Crippen LogP contribution >= 0.6 is 11.3 Å². The van der Waals surface area contributed by atoms with Gasteiger partial charge in [-0.05, 0) is 42.5 Å². The van der Waals surface area contributed by atoms with Crippen molar-refractivity contribution in [3.8, 4) is 5.69 Å². The minimum Gasteiger partial charge on any atom is -0.351 e. The third-order valence-corrected chi connectivity index (χ3v) is 5.50. The van der Waals surface area contributed by atoms with E-state index in [9.17, 15) is 9.59 Å². The van der Waals surface area contributed by atoms with Crippen LogP contribution in [0.2, 0.25) is 0 Å². The smallest absolute Gasteiger partial charge is 0.261 e. The van der Waals surface area contributed by atoms with Crippen LogP contribution in [0.4, 0.5) is 0 Å². The Labute approximate surface area is 168 Å². The molecule has 0 saturated heterocycles. The number of carbonyl (C=O) groups excluding carboxylic acids is 2. The first-order valence-electron chi connectivity index (χ1n) is 9.08. The van der Waals surface area contributed by atoms with Crippen molar-refractivity contribution in [2.75, 3.05) is 13.6 Å². The molecular formula is C20H23N5O2S. The van der Waals surface area contributed by atoms with Crippen LogP contribution in [0.15, 0.2) is 54.4 Å². The minimum absolute atomic E-state index is 0.0435. The van der Waals surface area contributed by atoms with Gasteiger partial charge in [0.05, 0.1) is 16.6 Å². The average Bonchev–Trinajstić information content (AvgIpc) is 3.44. The molecule has 0 fully saturated rings. The van der Waals surface area contributed by atoms with Gasteiger partial charge in [0.25, 0.3) is 5.91 Å². The van der Waals surface area contributed by atoms with Crippen LogP contribution in [0.5, 0.6) is 0 Å². The summed E-state index contributed by atoms with van der Waals surface area (Å²) in [5.41, 5.74) is 1.97. The van der Waals surface area contributed by atoms with E-state index in [1.54, 1.807) is 22.0 Å². The number of carbonyl (C=O) groups is 2. The summed E-state index contributed by atoms with van der Waals surface area (Å²) >= 11 is 1.41. The van der Waals surface area contributed by atoms with E-state index in [0.717, 1.165) is 11.3 Å². The van der Waals surface area contributed by atoms with Gasteiger partial charge in [-0.3, -0.25) is 9.59 Å². The highest BCUT2D eigenvalue weighted by Crippen LogP contribution is 2.21. The van der Waals surface area contributed by atoms with Crippen LogP contribution in [0.1, 0.15) is 41.0 Å². The van der Waals surface area contributed by atoms with Crippen LogP contribution in [0, 0.1) is 0 Å². The molecule has 0 bridgehead atoms. The number of hydrogen-bond acceptors (Lipinski definition) is 5. The molecular weight excluding hydrogens is 374 g/mol. The van der Waals surface area contributed by atoms with E-state index in [1.807, 2.05) is 49.7 Å². The molecule has 0 saturated carbocycles. The van der Waals surface area contributed by atoms with Gasteiger partial charge >= 0.3 is 0 Å². The highest BCUT2D eigenvalue weighted by atomic mass is 32.1. The zero-order chi connectivity index (χ0) is 19.9. The van der Waals surface area contributed by atoms with Crippen LogP contribution in [-0.4, -0.2) is 45.1 Å². The van der Waals surface area contributed by atoms with Crippen LogP contribution < -0.4 is 5.32 Å². The van der Waals surface area contributed by atoms with Crippen LogP contribution in [0.3, 0.4) is 0 Å². The Morgan fingerprint density at radius 2 is 2.04 bits per heavy atom. The van der Waals surface area contributed by atoms with Gasteiger partial charge in [-0.2, -0.15) is 5.10 Å². The first-order valence-corrected chi connectivity index (χ1v) is 9.96. The number of hydrogen-bond donors (Lipinski definition) is 1. The predicted octanol–water partition coefficient (Wildman–Crippen LogP) is 3.06. The maximum absolute atomic E-state index is 12.5. The fraction of sp³-hybridized carbons (Fsp3) is 0.300. The zero-order valence-electron chi connectivity index (χ0n) is 15.9. The molecule has 3 aromatic rings. The molecule has 28 heavy (non-hydrogen) atoms. The number of nitrogens with zero attached hydrogens (tertiary/aromatic N) is 4. The van der Waals surface area contributed by atoms with Gasteiger partial charge < -0.3 is 10.2 Å². The van der Waals surface area contributed by atoms with E-state index < -0.39 is 0 Å². The summed E-state index contributed by atoms with van der Waals surface area (Å²) in [5, 5.41) is 8.82. The third-order valence-electron chi connectivity index (χ3n) is 4.63.